The number of rotatable bonds is 4. The Balaban J connectivity index is 1.78. The van der Waals surface area contributed by atoms with Gasteiger partial charge in [-0.3, -0.25) is 4.99 Å². The number of thiazole rings is 1. The molecule has 0 amide bonds. The Morgan fingerprint density at radius 1 is 1.48 bits per heavy atom. The van der Waals surface area contributed by atoms with Crippen molar-refractivity contribution in [3.8, 4) is 0 Å². The Bertz CT molecular complexity index is 472. The van der Waals surface area contributed by atoms with E-state index in [2.05, 4.69) is 46.8 Å². The Labute approximate surface area is 131 Å². The average Bonchev–Trinajstić information content (AvgIpc) is 3.09. The van der Waals surface area contributed by atoms with E-state index in [0.717, 1.165) is 42.7 Å². The molecule has 0 radical (unpaired) electrons. The molecule has 1 fully saturated rings. The first-order chi connectivity index (χ1) is 9.99. The maximum Gasteiger partial charge on any atom is 0.191 e. The van der Waals surface area contributed by atoms with Gasteiger partial charge in [0.05, 0.1) is 18.3 Å². The van der Waals surface area contributed by atoms with E-state index in [-0.39, 0.29) is 5.41 Å². The number of guanidine groups is 1. The molecule has 1 saturated heterocycles. The fourth-order valence-corrected chi connectivity index (χ4v) is 3.09. The van der Waals surface area contributed by atoms with Gasteiger partial charge in [0.2, 0.25) is 0 Å². The molecule has 1 aromatic heterocycles. The molecular formula is C15H26N4OS. The van der Waals surface area contributed by atoms with Crippen molar-refractivity contribution in [2.45, 2.75) is 51.7 Å². The van der Waals surface area contributed by atoms with Gasteiger partial charge in [0.1, 0.15) is 5.01 Å². The van der Waals surface area contributed by atoms with Gasteiger partial charge in [0.25, 0.3) is 0 Å². The minimum Gasteiger partial charge on any atom is -0.376 e. The summed E-state index contributed by atoms with van der Waals surface area (Å²) in [6, 6.07) is 0. The van der Waals surface area contributed by atoms with E-state index in [1.165, 1.54) is 0 Å². The summed E-state index contributed by atoms with van der Waals surface area (Å²) in [5.74, 6) is 0.804. The molecule has 2 heterocycles. The largest absolute Gasteiger partial charge is 0.376 e. The summed E-state index contributed by atoms with van der Waals surface area (Å²) in [4.78, 5) is 8.91. The second-order valence-electron chi connectivity index (χ2n) is 6.32. The monoisotopic (exact) mass is 310 g/mol. The smallest absolute Gasteiger partial charge is 0.191 e. The fraction of sp³-hybridized carbons (Fsp3) is 0.733. The first-order valence-electron chi connectivity index (χ1n) is 7.50. The molecule has 6 heteroatoms. The molecule has 1 atom stereocenters. The van der Waals surface area contributed by atoms with Gasteiger partial charge in [-0.2, -0.15) is 0 Å². The molecule has 1 aliphatic heterocycles. The van der Waals surface area contributed by atoms with Gasteiger partial charge in [-0.15, -0.1) is 11.3 Å². The highest BCUT2D eigenvalue weighted by molar-refractivity contribution is 7.09. The van der Waals surface area contributed by atoms with Crippen LogP contribution in [0.15, 0.2) is 10.4 Å². The average molecular weight is 310 g/mol. The lowest BCUT2D eigenvalue weighted by molar-refractivity contribution is 0.114. The summed E-state index contributed by atoms with van der Waals surface area (Å²) >= 11 is 1.69. The molecule has 0 aromatic carbocycles. The quantitative estimate of drug-likeness (QED) is 0.662. The van der Waals surface area contributed by atoms with Crippen molar-refractivity contribution in [2.24, 2.45) is 4.99 Å². The summed E-state index contributed by atoms with van der Waals surface area (Å²) < 4.78 is 5.60. The highest BCUT2D eigenvalue weighted by Gasteiger charge is 2.18. The first kappa shape index (κ1) is 16.2. The van der Waals surface area contributed by atoms with E-state index in [4.69, 9.17) is 4.74 Å². The van der Waals surface area contributed by atoms with Crippen LogP contribution in [-0.2, 0) is 16.7 Å². The van der Waals surface area contributed by atoms with Crippen LogP contribution in [0.4, 0.5) is 0 Å². The standard InChI is InChI=1S/C15H26N4OS/c1-15(2,3)12-10-21-13(19-12)9-18-14(16-4)17-8-11-6-5-7-20-11/h10-11H,5-9H2,1-4H3,(H2,16,17,18). The predicted molar refractivity (Wildman–Crippen MR) is 88.0 cm³/mol. The van der Waals surface area contributed by atoms with Crippen LogP contribution >= 0.6 is 11.3 Å². The molecule has 21 heavy (non-hydrogen) atoms. The Morgan fingerprint density at radius 2 is 2.29 bits per heavy atom. The molecule has 118 valence electrons. The first-order valence-corrected chi connectivity index (χ1v) is 8.38. The molecule has 0 saturated carbocycles. The summed E-state index contributed by atoms with van der Waals surface area (Å²) in [5, 5.41) is 9.84. The summed E-state index contributed by atoms with van der Waals surface area (Å²) in [5.41, 5.74) is 1.25. The van der Waals surface area contributed by atoms with Crippen LogP contribution in [0.1, 0.15) is 44.3 Å². The Morgan fingerprint density at radius 3 is 2.86 bits per heavy atom. The minimum absolute atomic E-state index is 0.106. The lowest BCUT2D eigenvalue weighted by Gasteiger charge is -2.15. The van der Waals surface area contributed by atoms with Crippen molar-refractivity contribution in [3.05, 3.63) is 16.1 Å². The third-order valence-electron chi connectivity index (χ3n) is 3.47. The van der Waals surface area contributed by atoms with Crippen molar-refractivity contribution in [1.29, 1.82) is 0 Å². The van der Waals surface area contributed by atoms with E-state index in [0.29, 0.717) is 12.6 Å². The van der Waals surface area contributed by atoms with Crippen LogP contribution in [0.25, 0.3) is 0 Å². The lowest BCUT2D eigenvalue weighted by Crippen LogP contribution is -2.40. The molecule has 0 spiro atoms. The molecule has 2 rings (SSSR count). The number of hydrogen-bond donors (Lipinski definition) is 2. The molecule has 1 unspecified atom stereocenters. The van der Waals surface area contributed by atoms with Crippen LogP contribution in [0.5, 0.6) is 0 Å². The van der Waals surface area contributed by atoms with Gasteiger partial charge in [-0.05, 0) is 12.8 Å². The van der Waals surface area contributed by atoms with Gasteiger partial charge in [0, 0.05) is 31.0 Å². The van der Waals surface area contributed by atoms with Crippen molar-refractivity contribution in [1.82, 2.24) is 15.6 Å². The molecule has 0 bridgehead atoms. The number of nitrogens with zero attached hydrogens (tertiary/aromatic N) is 2. The third kappa shape index (κ3) is 4.97. The molecule has 0 aliphatic carbocycles. The molecule has 5 nitrogen and oxygen atoms in total. The SMILES string of the molecule is CN=C(NCc1nc(C(C)(C)C)cs1)NCC1CCCO1. The van der Waals surface area contributed by atoms with E-state index in [1.54, 1.807) is 18.4 Å². The van der Waals surface area contributed by atoms with Gasteiger partial charge < -0.3 is 15.4 Å². The minimum atomic E-state index is 0.106. The van der Waals surface area contributed by atoms with Gasteiger partial charge in [0.15, 0.2) is 5.96 Å². The fourth-order valence-electron chi connectivity index (χ4n) is 2.13. The normalized spacial score (nSPS) is 19.8. The van der Waals surface area contributed by atoms with Crippen molar-refractivity contribution >= 4 is 17.3 Å². The van der Waals surface area contributed by atoms with E-state index in [9.17, 15) is 0 Å². The Hall–Kier alpha value is -1.14. The highest BCUT2D eigenvalue weighted by atomic mass is 32.1. The number of aromatic nitrogens is 1. The summed E-state index contributed by atoms with van der Waals surface area (Å²) in [6.07, 6.45) is 2.61. The summed E-state index contributed by atoms with van der Waals surface area (Å²) in [7, 11) is 1.78. The second-order valence-corrected chi connectivity index (χ2v) is 7.26. The van der Waals surface area contributed by atoms with Crippen LogP contribution in [0.3, 0.4) is 0 Å². The lowest BCUT2D eigenvalue weighted by atomic mass is 9.93. The zero-order valence-corrected chi connectivity index (χ0v) is 14.2. The van der Waals surface area contributed by atoms with Gasteiger partial charge >= 0.3 is 0 Å². The van der Waals surface area contributed by atoms with E-state index < -0.39 is 0 Å². The zero-order valence-electron chi connectivity index (χ0n) is 13.4. The van der Waals surface area contributed by atoms with Gasteiger partial charge in [-0.1, -0.05) is 20.8 Å². The maximum absolute atomic E-state index is 5.60. The van der Waals surface area contributed by atoms with Crippen LogP contribution in [0.2, 0.25) is 0 Å². The van der Waals surface area contributed by atoms with Gasteiger partial charge in [-0.25, -0.2) is 4.98 Å². The van der Waals surface area contributed by atoms with E-state index >= 15 is 0 Å². The Kier molecular flexibility index (Phi) is 5.58. The van der Waals surface area contributed by atoms with Crippen LogP contribution in [-0.4, -0.2) is 37.2 Å². The van der Waals surface area contributed by atoms with Crippen molar-refractivity contribution < 1.29 is 4.74 Å². The van der Waals surface area contributed by atoms with Crippen LogP contribution < -0.4 is 10.6 Å². The zero-order chi connectivity index (χ0) is 15.3. The highest BCUT2D eigenvalue weighted by Crippen LogP contribution is 2.23. The number of ether oxygens (including phenoxy) is 1. The topological polar surface area (TPSA) is 58.5 Å². The predicted octanol–water partition coefficient (Wildman–Crippen LogP) is 2.28. The number of aliphatic imine (C=N–C) groups is 1. The van der Waals surface area contributed by atoms with Crippen molar-refractivity contribution in [3.63, 3.8) is 0 Å². The number of hydrogen-bond acceptors (Lipinski definition) is 4. The molecular weight excluding hydrogens is 284 g/mol. The van der Waals surface area contributed by atoms with Crippen molar-refractivity contribution in [2.75, 3.05) is 20.2 Å². The number of nitrogens with one attached hydrogen (secondary N) is 2. The molecule has 1 aromatic rings. The molecule has 2 N–H and O–H groups in total. The summed E-state index contributed by atoms with van der Waals surface area (Å²) in [6.45, 7) is 8.94. The van der Waals surface area contributed by atoms with Crippen LogP contribution in [0, 0.1) is 0 Å². The van der Waals surface area contributed by atoms with E-state index in [1.807, 2.05) is 0 Å². The second kappa shape index (κ2) is 7.22. The third-order valence-corrected chi connectivity index (χ3v) is 4.32. The molecule has 1 aliphatic rings. The maximum atomic E-state index is 5.60.